The van der Waals surface area contributed by atoms with Crippen LogP contribution in [0.15, 0.2) is 47.3 Å². The molecule has 0 aliphatic carbocycles. The maximum Gasteiger partial charge on any atom is 0.293 e. The summed E-state index contributed by atoms with van der Waals surface area (Å²) < 4.78 is 6.82. The molecule has 0 atom stereocenters. The largest absolute Gasteiger partial charge is 0.472 e. The highest BCUT2D eigenvalue weighted by molar-refractivity contribution is 5.91. The third-order valence-corrected chi connectivity index (χ3v) is 4.13. The third-order valence-electron chi connectivity index (χ3n) is 4.13. The van der Waals surface area contributed by atoms with Crippen LogP contribution < -0.4 is 0 Å². The Labute approximate surface area is 157 Å². The first kappa shape index (κ1) is 18.4. The van der Waals surface area contributed by atoms with Crippen molar-refractivity contribution in [2.75, 3.05) is 13.1 Å². The Balaban J connectivity index is 2.02. The van der Waals surface area contributed by atoms with Crippen LogP contribution in [-0.4, -0.2) is 38.7 Å². The van der Waals surface area contributed by atoms with Crippen LogP contribution in [0, 0.1) is 18.3 Å². The predicted octanol–water partition coefficient (Wildman–Crippen LogP) is 3.60. The van der Waals surface area contributed by atoms with E-state index in [2.05, 4.69) is 16.2 Å². The zero-order valence-electron chi connectivity index (χ0n) is 15.4. The standard InChI is InChI=1S/C20H21N5O2/c1-3-11-24(12-4-10-21)20(26)18-22-19(16-9-13-27-14-16)25(23-18)17-7-5-15(2)6-8-17/h5-9,13-14H,3-4,11-12H2,1-2H3. The van der Waals surface area contributed by atoms with Gasteiger partial charge in [0.15, 0.2) is 5.82 Å². The quantitative estimate of drug-likeness (QED) is 0.640. The summed E-state index contributed by atoms with van der Waals surface area (Å²) in [4.78, 5) is 19.0. The minimum Gasteiger partial charge on any atom is -0.472 e. The van der Waals surface area contributed by atoms with Crippen molar-refractivity contribution >= 4 is 5.91 Å². The first-order valence-electron chi connectivity index (χ1n) is 8.87. The number of carbonyl (C=O) groups excluding carboxylic acids is 1. The van der Waals surface area contributed by atoms with Crippen LogP contribution in [0.25, 0.3) is 17.1 Å². The number of amides is 1. The molecule has 0 fully saturated rings. The van der Waals surface area contributed by atoms with Crippen LogP contribution in [0.5, 0.6) is 0 Å². The number of rotatable bonds is 7. The fourth-order valence-electron chi connectivity index (χ4n) is 2.76. The van der Waals surface area contributed by atoms with Crippen molar-refractivity contribution in [1.29, 1.82) is 5.26 Å². The number of aromatic nitrogens is 3. The Morgan fingerprint density at radius 3 is 2.67 bits per heavy atom. The van der Waals surface area contributed by atoms with Crippen molar-refractivity contribution in [3.05, 3.63) is 54.2 Å². The molecule has 27 heavy (non-hydrogen) atoms. The van der Waals surface area contributed by atoms with Crippen LogP contribution in [0.1, 0.15) is 35.9 Å². The summed E-state index contributed by atoms with van der Waals surface area (Å²) >= 11 is 0. The summed E-state index contributed by atoms with van der Waals surface area (Å²) in [5.74, 6) is 0.369. The lowest BCUT2D eigenvalue weighted by Gasteiger charge is -2.18. The monoisotopic (exact) mass is 363 g/mol. The van der Waals surface area contributed by atoms with E-state index in [1.165, 1.54) is 0 Å². The molecule has 7 nitrogen and oxygen atoms in total. The Bertz CT molecular complexity index is 936. The SMILES string of the molecule is CCCN(CCC#N)C(=O)c1nc(-c2ccoc2)n(-c2ccc(C)cc2)n1. The van der Waals surface area contributed by atoms with Gasteiger partial charge in [-0.1, -0.05) is 24.6 Å². The molecule has 0 unspecified atom stereocenters. The van der Waals surface area contributed by atoms with Crippen molar-refractivity contribution in [2.45, 2.75) is 26.7 Å². The van der Waals surface area contributed by atoms with E-state index in [1.54, 1.807) is 28.2 Å². The second-order valence-electron chi connectivity index (χ2n) is 6.22. The molecule has 138 valence electrons. The summed E-state index contributed by atoms with van der Waals surface area (Å²) in [6.07, 6.45) is 4.20. The van der Waals surface area contributed by atoms with E-state index in [1.807, 2.05) is 38.1 Å². The molecule has 0 radical (unpaired) electrons. The molecule has 3 aromatic rings. The molecule has 1 aromatic carbocycles. The molecule has 0 aliphatic heterocycles. The molecule has 0 aliphatic rings. The maximum atomic E-state index is 12.9. The summed E-state index contributed by atoms with van der Waals surface area (Å²) in [7, 11) is 0. The van der Waals surface area contributed by atoms with Gasteiger partial charge in [0.1, 0.15) is 6.26 Å². The second-order valence-corrected chi connectivity index (χ2v) is 6.22. The van der Waals surface area contributed by atoms with Crippen molar-refractivity contribution in [2.24, 2.45) is 0 Å². The lowest BCUT2D eigenvalue weighted by Crippen LogP contribution is -2.33. The fraction of sp³-hybridized carbons (Fsp3) is 0.300. The van der Waals surface area contributed by atoms with Gasteiger partial charge in [-0.15, -0.1) is 5.10 Å². The van der Waals surface area contributed by atoms with E-state index >= 15 is 0 Å². The molecular formula is C20H21N5O2. The normalized spacial score (nSPS) is 10.6. The van der Waals surface area contributed by atoms with Gasteiger partial charge in [0.25, 0.3) is 5.91 Å². The van der Waals surface area contributed by atoms with Gasteiger partial charge in [-0.2, -0.15) is 5.26 Å². The highest BCUT2D eigenvalue weighted by Gasteiger charge is 2.23. The van der Waals surface area contributed by atoms with Crippen LogP contribution in [-0.2, 0) is 0 Å². The van der Waals surface area contributed by atoms with Gasteiger partial charge in [0.2, 0.25) is 5.82 Å². The predicted molar refractivity (Wildman–Crippen MR) is 100 cm³/mol. The second kappa shape index (κ2) is 8.32. The van der Waals surface area contributed by atoms with Crippen LogP contribution in [0.2, 0.25) is 0 Å². The summed E-state index contributed by atoms with van der Waals surface area (Å²) in [5.41, 5.74) is 2.68. The molecule has 0 N–H and O–H groups in total. The first-order chi connectivity index (χ1) is 13.1. The van der Waals surface area contributed by atoms with Crippen molar-refractivity contribution in [3.63, 3.8) is 0 Å². The first-order valence-corrected chi connectivity index (χ1v) is 8.87. The van der Waals surface area contributed by atoms with Gasteiger partial charge in [-0.3, -0.25) is 4.79 Å². The number of furan rings is 1. The van der Waals surface area contributed by atoms with Gasteiger partial charge < -0.3 is 9.32 Å². The fourth-order valence-corrected chi connectivity index (χ4v) is 2.76. The number of benzene rings is 1. The van der Waals surface area contributed by atoms with Gasteiger partial charge >= 0.3 is 0 Å². The molecule has 2 aromatic heterocycles. The van der Waals surface area contributed by atoms with Crippen molar-refractivity contribution in [3.8, 4) is 23.1 Å². The molecule has 1 amide bonds. The van der Waals surface area contributed by atoms with Crippen molar-refractivity contribution < 1.29 is 9.21 Å². The summed E-state index contributed by atoms with van der Waals surface area (Å²) in [6, 6.07) is 11.7. The molecule has 0 bridgehead atoms. The minimum atomic E-state index is -0.275. The van der Waals surface area contributed by atoms with Gasteiger partial charge in [0.05, 0.1) is 30.0 Å². The average molecular weight is 363 g/mol. The summed E-state index contributed by atoms with van der Waals surface area (Å²) in [6.45, 7) is 4.92. The molecule has 0 spiro atoms. The summed E-state index contributed by atoms with van der Waals surface area (Å²) in [5, 5.41) is 13.3. The number of nitriles is 1. The minimum absolute atomic E-state index is 0.109. The molecule has 2 heterocycles. The lowest BCUT2D eigenvalue weighted by atomic mass is 10.2. The number of carbonyl (C=O) groups is 1. The molecule has 3 rings (SSSR count). The Morgan fingerprint density at radius 2 is 2.04 bits per heavy atom. The Hall–Kier alpha value is -3.40. The molecule has 0 saturated heterocycles. The van der Waals surface area contributed by atoms with Gasteiger partial charge in [-0.25, -0.2) is 9.67 Å². The topological polar surface area (TPSA) is 88.0 Å². The number of aryl methyl sites for hydroxylation is 1. The highest BCUT2D eigenvalue weighted by Crippen LogP contribution is 2.22. The van der Waals surface area contributed by atoms with E-state index in [0.717, 1.165) is 23.2 Å². The van der Waals surface area contributed by atoms with Crippen molar-refractivity contribution in [1.82, 2.24) is 19.7 Å². The van der Waals surface area contributed by atoms with E-state index in [0.29, 0.717) is 18.9 Å². The van der Waals surface area contributed by atoms with E-state index in [-0.39, 0.29) is 18.2 Å². The zero-order valence-corrected chi connectivity index (χ0v) is 15.4. The average Bonchev–Trinajstić information content (AvgIpc) is 3.34. The van der Waals surface area contributed by atoms with Crippen LogP contribution in [0.3, 0.4) is 0 Å². The lowest BCUT2D eigenvalue weighted by molar-refractivity contribution is 0.0747. The Morgan fingerprint density at radius 1 is 1.26 bits per heavy atom. The van der Waals surface area contributed by atoms with Gasteiger partial charge in [0, 0.05) is 13.1 Å². The third kappa shape index (κ3) is 4.06. The smallest absolute Gasteiger partial charge is 0.293 e. The van der Waals surface area contributed by atoms with Gasteiger partial charge in [-0.05, 0) is 31.5 Å². The highest BCUT2D eigenvalue weighted by atomic mass is 16.3. The number of nitrogens with zero attached hydrogens (tertiary/aromatic N) is 5. The van der Waals surface area contributed by atoms with E-state index < -0.39 is 0 Å². The van der Waals surface area contributed by atoms with Crippen LogP contribution >= 0.6 is 0 Å². The van der Waals surface area contributed by atoms with Crippen LogP contribution in [0.4, 0.5) is 0 Å². The maximum absolute atomic E-state index is 12.9. The molecule has 0 saturated carbocycles. The molecular weight excluding hydrogens is 342 g/mol. The molecule has 7 heteroatoms. The zero-order chi connectivity index (χ0) is 19.2. The van der Waals surface area contributed by atoms with E-state index in [9.17, 15) is 4.79 Å². The number of hydrogen-bond donors (Lipinski definition) is 0. The van der Waals surface area contributed by atoms with E-state index in [4.69, 9.17) is 9.68 Å². The Kier molecular flexibility index (Phi) is 5.67. The number of hydrogen-bond acceptors (Lipinski definition) is 5.